The van der Waals surface area contributed by atoms with Crippen LogP contribution >= 0.6 is 0 Å². The van der Waals surface area contributed by atoms with Gasteiger partial charge in [-0.1, -0.05) is 0 Å². The van der Waals surface area contributed by atoms with Gasteiger partial charge in [0.15, 0.2) is 0 Å². The number of carbonyl (C=O) groups is 1. The van der Waals surface area contributed by atoms with Crippen molar-refractivity contribution in [1.82, 2.24) is 24.9 Å². The van der Waals surface area contributed by atoms with Gasteiger partial charge in [0.1, 0.15) is 0 Å². The number of hydrogen-bond acceptors (Lipinski definition) is 3. The number of hydrogen-bond donors (Lipinski definition) is 1. The number of nitrogens with zero attached hydrogens (tertiary/aromatic N) is 4. The Hall–Kier alpha value is -2.11. The highest BCUT2D eigenvalue weighted by Gasteiger charge is 2.09. The lowest BCUT2D eigenvalue weighted by Gasteiger charge is -2.01. The third-order valence-corrected chi connectivity index (χ3v) is 2.77. The summed E-state index contributed by atoms with van der Waals surface area (Å²) in [6.07, 6.45) is 5.23. The van der Waals surface area contributed by atoms with Gasteiger partial charge in [-0.2, -0.15) is 10.2 Å². The van der Waals surface area contributed by atoms with E-state index in [1.165, 1.54) is 0 Å². The Bertz CT molecular complexity index is 555. The first-order chi connectivity index (χ1) is 8.60. The van der Waals surface area contributed by atoms with Crippen LogP contribution in [-0.2, 0) is 20.1 Å². The average Bonchev–Trinajstić information content (AvgIpc) is 2.93. The Morgan fingerprint density at radius 2 is 2.22 bits per heavy atom. The molecule has 0 fully saturated rings. The fourth-order valence-corrected chi connectivity index (χ4v) is 1.75. The molecular weight excluding hydrogens is 230 g/mol. The molecule has 0 radical (unpaired) electrons. The summed E-state index contributed by atoms with van der Waals surface area (Å²) in [5.41, 5.74) is 2.54. The van der Waals surface area contributed by atoms with Crippen molar-refractivity contribution in [3.05, 3.63) is 35.4 Å². The van der Waals surface area contributed by atoms with Crippen LogP contribution in [-0.4, -0.2) is 25.5 Å². The standard InChI is InChI=1S/C12H17N5O/c1-4-17-8-11(6-14-17)12(18)13-5-10-7-16(3)15-9(10)2/h6-8H,4-5H2,1-3H3,(H,13,18). The summed E-state index contributed by atoms with van der Waals surface area (Å²) >= 11 is 0. The number of aryl methyl sites for hydroxylation is 3. The van der Waals surface area contributed by atoms with E-state index in [0.717, 1.165) is 17.8 Å². The minimum Gasteiger partial charge on any atom is -0.348 e. The van der Waals surface area contributed by atoms with E-state index in [2.05, 4.69) is 15.5 Å². The summed E-state index contributed by atoms with van der Waals surface area (Å²) in [4.78, 5) is 11.9. The molecule has 1 amide bonds. The van der Waals surface area contributed by atoms with E-state index in [1.54, 1.807) is 21.8 Å². The van der Waals surface area contributed by atoms with Crippen molar-refractivity contribution in [2.24, 2.45) is 7.05 Å². The van der Waals surface area contributed by atoms with Crippen LogP contribution in [0.4, 0.5) is 0 Å². The molecule has 96 valence electrons. The van der Waals surface area contributed by atoms with E-state index < -0.39 is 0 Å². The van der Waals surface area contributed by atoms with Gasteiger partial charge in [0.2, 0.25) is 0 Å². The molecule has 0 aliphatic carbocycles. The van der Waals surface area contributed by atoms with E-state index in [-0.39, 0.29) is 5.91 Å². The lowest BCUT2D eigenvalue weighted by atomic mass is 10.2. The molecule has 0 aliphatic heterocycles. The van der Waals surface area contributed by atoms with Crippen LogP contribution in [0.25, 0.3) is 0 Å². The molecule has 1 N–H and O–H groups in total. The second-order valence-electron chi connectivity index (χ2n) is 4.18. The predicted octanol–water partition coefficient (Wildman–Crippen LogP) is 0.875. The SMILES string of the molecule is CCn1cc(C(=O)NCc2cn(C)nc2C)cn1. The van der Waals surface area contributed by atoms with Gasteiger partial charge in [-0.15, -0.1) is 0 Å². The van der Waals surface area contributed by atoms with Crippen molar-refractivity contribution < 1.29 is 4.79 Å². The number of carbonyl (C=O) groups excluding carboxylic acids is 1. The first kappa shape index (κ1) is 12.3. The number of rotatable bonds is 4. The zero-order valence-electron chi connectivity index (χ0n) is 10.8. The summed E-state index contributed by atoms with van der Waals surface area (Å²) in [5.74, 6) is -0.113. The fraction of sp³-hybridized carbons (Fsp3) is 0.417. The lowest BCUT2D eigenvalue weighted by Crippen LogP contribution is -2.22. The zero-order valence-corrected chi connectivity index (χ0v) is 10.8. The monoisotopic (exact) mass is 247 g/mol. The minimum absolute atomic E-state index is 0.113. The summed E-state index contributed by atoms with van der Waals surface area (Å²) in [7, 11) is 1.86. The minimum atomic E-state index is -0.113. The highest BCUT2D eigenvalue weighted by atomic mass is 16.1. The quantitative estimate of drug-likeness (QED) is 0.872. The molecule has 0 saturated heterocycles. The van der Waals surface area contributed by atoms with E-state index in [4.69, 9.17) is 0 Å². The van der Waals surface area contributed by atoms with Crippen LogP contribution in [0, 0.1) is 6.92 Å². The van der Waals surface area contributed by atoms with Crippen LogP contribution in [0.2, 0.25) is 0 Å². The first-order valence-corrected chi connectivity index (χ1v) is 5.90. The predicted molar refractivity (Wildman–Crippen MR) is 67.0 cm³/mol. The van der Waals surface area contributed by atoms with Crippen molar-refractivity contribution in [3.8, 4) is 0 Å². The Balaban J connectivity index is 1.98. The van der Waals surface area contributed by atoms with Gasteiger partial charge >= 0.3 is 0 Å². The smallest absolute Gasteiger partial charge is 0.254 e. The number of nitrogens with one attached hydrogen (secondary N) is 1. The highest BCUT2D eigenvalue weighted by molar-refractivity contribution is 5.93. The third kappa shape index (κ3) is 2.58. The van der Waals surface area contributed by atoms with Gasteiger partial charge in [0.05, 0.1) is 17.5 Å². The molecule has 6 nitrogen and oxygen atoms in total. The Morgan fingerprint density at radius 1 is 1.44 bits per heavy atom. The van der Waals surface area contributed by atoms with Gasteiger partial charge in [-0.3, -0.25) is 14.2 Å². The van der Waals surface area contributed by atoms with Gasteiger partial charge in [-0.05, 0) is 13.8 Å². The number of amides is 1. The first-order valence-electron chi connectivity index (χ1n) is 5.90. The maximum absolute atomic E-state index is 11.9. The molecule has 2 heterocycles. The molecule has 2 rings (SSSR count). The zero-order chi connectivity index (χ0) is 13.1. The highest BCUT2D eigenvalue weighted by Crippen LogP contribution is 2.05. The normalized spacial score (nSPS) is 10.6. The second kappa shape index (κ2) is 5.03. The molecule has 0 aromatic carbocycles. The van der Waals surface area contributed by atoms with Crippen LogP contribution < -0.4 is 5.32 Å². The maximum Gasteiger partial charge on any atom is 0.254 e. The van der Waals surface area contributed by atoms with Gasteiger partial charge in [0.25, 0.3) is 5.91 Å². The molecule has 0 atom stereocenters. The summed E-state index contributed by atoms with van der Waals surface area (Å²) in [6.45, 7) is 5.15. The largest absolute Gasteiger partial charge is 0.348 e. The van der Waals surface area contributed by atoms with Crippen molar-refractivity contribution in [2.45, 2.75) is 26.9 Å². The molecule has 2 aromatic heterocycles. The van der Waals surface area contributed by atoms with E-state index in [1.807, 2.05) is 27.1 Å². The van der Waals surface area contributed by atoms with Crippen LogP contribution in [0.3, 0.4) is 0 Å². The van der Waals surface area contributed by atoms with Gasteiger partial charge in [0, 0.05) is 38.1 Å². The summed E-state index contributed by atoms with van der Waals surface area (Å²) < 4.78 is 3.47. The van der Waals surface area contributed by atoms with E-state index in [0.29, 0.717) is 12.1 Å². The Kier molecular flexibility index (Phi) is 3.45. The van der Waals surface area contributed by atoms with Crippen LogP contribution in [0.15, 0.2) is 18.6 Å². The molecule has 0 saturated carbocycles. The third-order valence-electron chi connectivity index (χ3n) is 2.77. The van der Waals surface area contributed by atoms with Crippen molar-refractivity contribution in [1.29, 1.82) is 0 Å². The lowest BCUT2D eigenvalue weighted by molar-refractivity contribution is 0.0951. The van der Waals surface area contributed by atoms with Crippen molar-refractivity contribution in [2.75, 3.05) is 0 Å². The fourth-order valence-electron chi connectivity index (χ4n) is 1.75. The molecule has 0 unspecified atom stereocenters. The van der Waals surface area contributed by atoms with Gasteiger partial charge < -0.3 is 5.32 Å². The summed E-state index contributed by atoms with van der Waals surface area (Å²) in [6, 6.07) is 0. The molecule has 0 bridgehead atoms. The Morgan fingerprint density at radius 3 is 2.78 bits per heavy atom. The average molecular weight is 247 g/mol. The molecule has 2 aromatic rings. The van der Waals surface area contributed by atoms with Crippen molar-refractivity contribution >= 4 is 5.91 Å². The number of aromatic nitrogens is 4. The molecular formula is C12H17N5O. The van der Waals surface area contributed by atoms with Crippen LogP contribution in [0.5, 0.6) is 0 Å². The molecule has 6 heteroatoms. The topological polar surface area (TPSA) is 64.7 Å². The van der Waals surface area contributed by atoms with Crippen LogP contribution in [0.1, 0.15) is 28.5 Å². The van der Waals surface area contributed by atoms with E-state index >= 15 is 0 Å². The second-order valence-corrected chi connectivity index (χ2v) is 4.18. The molecule has 18 heavy (non-hydrogen) atoms. The Labute approximate surface area is 106 Å². The van der Waals surface area contributed by atoms with Crippen molar-refractivity contribution in [3.63, 3.8) is 0 Å². The molecule has 0 aliphatic rings. The summed E-state index contributed by atoms with van der Waals surface area (Å²) in [5, 5.41) is 11.2. The van der Waals surface area contributed by atoms with E-state index in [9.17, 15) is 4.79 Å². The maximum atomic E-state index is 11.9. The molecule has 0 spiro atoms. The van der Waals surface area contributed by atoms with Gasteiger partial charge in [-0.25, -0.2) is 0 Å².